The van der Waals surface area contributed by atoms with E-state index < -0.39 is 47.9 Å². The Bertz CT molecular complexity index is 1460. The van der Waals surface area contributed by atoms with Gasteiger partial charge in [-0.15, -0.1) is 0 Å². The first-order valence-electron chi connectivity index (χ1n) is 14.8. The SMILES string of the molecule is NC(N)=NCCCC(N)C(=O)NC(Cc1ccc(O)cc1)C(=O)NC(Cc1ccccc1)C(=O)NC(Cc1ccccc1)C(=O)O. The number of hydrogen-bond acceptors (Lipinski definition) is 7. The molecule has 0 fully saturated rings. The van der Waals surface area contributed by atoms with E-state index in [1.807, 2.05) is 0 Å². The number of benzene rings is 3. The number of aliphatic carboxylic acids is 1. The zero-order valence-electron chi connectivity index (χ0n) is 25.3. The molecule has 0 aliphatic rings. The predicted octanol–water partition coefficient (Wildman–Crippen LogP) is 0.340. The number of amides is 3. The number of phenols is 1. The standard InChI is InChI=1S/C33H41N7O6/c34-25(12-7-17-37-33(35)36)29(42)38-26(19-23-13-15-24(41)16-14-23)30(43)39-27(18-21-8-3-1-4-9-21)31(44)40-28(32(45)46)20-22-10-5-2-6-11-22/h1-6,8-11,13-16,25-28,41H,7,12,17-20,34H2,(H,38,42)(H,39,43)(H,40,44)(H,45,46)(H4,35,36,37). The van der Waals surface area contributed by atoms with Gasteiger partial charge in [-0.05, 0) is 41.7 Å². The summed E-state index contributed by atoms with van der Waals surface area (Å²) in [5.41, 5.74) is 18.8. The van der Waals surface area contributed by atoms with Gasteiger partial charge in [0.05, 0.1) is 6.04 Å². The molecule has 0 saturated heterocycles. The van der Waals surface area contributed by atoms with Crippen molar-refractivity contribution >= 4 is 29.7 Å². The van der Waals surface area contributed by atoms with Gasteiger partial charge in [-0.3, -0.25) is 19.4 Å². The Kier molecular flexibility index (Phi) is 13.5. The summed E-state index contributed by atoms with van der Waals surface area (Å²) < 4.78 is 0. The average molecular weight is 632 g/mol. The van der Waals surface area contributed by atoms with Crippen molar-refractivity contribution in [2.75, 3.05) is 6.54 Å². The molecular formula is C33H41N7O6. The van der Waals surface area contributed by atoms with Gasteiger partial charge >= 0.3 is 5.97 Å². The first kappa shape index (κ1) is 35.1. The van der Waals surface area contributed by atoms with E-state index in [-0.39, 0.29) is 43.9 Å². The number of rotatable bonds is 17. The maximum atomic E-state index is 13.8. The van der Waals surface area contributed by atoms with E-state index in [4.69, 9.17) is 17.2 Å². The van der Waals surface area contributed by atoms with Gasteiger partial charge in [-0.25, -0.2) is 4.79 Å². The van der Waals surface area contributed by atoms with Gasteiger partial charge in [-0.1, -0.05) is 72.8 Å². The smallest absolute Gasteiger partial charge is 0.326 e. The summed E-state index contributed by atoms with van der Waals surface area (Å²) in [6, 6.07) is 19.3. The lowest BCUT2D eigenvalue weighted by Crippen LogP contribution is -2.58. The Balaban J connectivity index is 1.81. The number of guanidine groups is 1. The van der Waals surface area contributed by atoms with Crippen molar-refractivity contribution in [1.29, 1.82) is 0 Å². The normalized spacial score (nSPS) is 13.3. The average Bonchev–Trinajstić information content (AvgIpc) is 3.03. The molecule has 46 heavy (non-hydrogen) atoms. The molecule has 13 nitrogen and oxygen atoms in total. The first-order valence-corrected chi connectivity index (χ1v) is 14.8. The number of nitrogens with one attached hydrogen (secondary N) is 3. The molecule has 3 amide bonds. The third kappa shape index (κ3) is 11.9. The van der Waals surface area contributed by atoms with E-state index >= 15 is 0 Å². The Morgan fingerprint density at radius 3 is 1.57 bits per heavy atom. The van der Waals surface area contributed by atoms with Crippen LogP contribution in [0.2, 0.25) is 0 Å². The van der Waals surface area contributed by atoms with E-state index in [1.54, 1.807) is 72.8 Å². The molecule has 0 radical (unpaired) electrons. The number of carboxylic acid groups (broad SMARTS) is 1. The van der Waals surface area contributed by atoms with Gasteiger partial charge in [0.15, 0.2) is 5.96 Å². The lowest BCUT2D eigenvalue weighted by molar-refractivity contribution is -0.142. The Morgan fingerprint density at radius 1 is 0.652 bits per heavy atom. The van der Waals surface area contributed by atoms with Crippen LogP contribution in [-0.4, -0.2) is 70.6 Å². The Hall–Kier alpha value is -5.43. The number of carbonyl (C=O) groups excluding carboxylic acids is 3. The zero-order chi connectivity index (χ0) is 33.5. The third-order valence-electron chi connectivity index (χ3n) is 7.13. The van der Waals surface area contributed by atoms with Crippen molar-refractivity contribution < 1.29 is 29.4 Å². The van der Waals surface area contributed by atoms with Crippen LogP contribution in [0.5, 0.6) is 5.75 Å². The highest BCUT2D eigenvalue weighted by molar-refractivity contribution is 5.94. The Labute approximate surface area is 267 Å². The lowest BCUT2D eigenvalue weighted by atomic mass is 10.0. The number of hydrogen-bond donors (Lipinski definition) is 8. The molecule has 0 aliphatic carbocycles. The molecule has 3 rings (SSSR count). The summed E-state index contributed by atoms with van der Waals surface area (Å²) in [5, 5.41) is 27.5. The van der Waals surface area contributed by atoms with Crippen LogP contribution in [0.1, 0.15) is 29.5 Å². The summed E-state index contributed by atoms with van der Waals surface area (Å²) in [4.78, 5) is 56.4. The molecule has 3 aromatic carbocycles. The van der Waals surface area contributed by atoms with Gasteiger partial charge in [0.2, 0.25) is 17.7 Å². The van der Waals surface area contributed by atoms with E-state index in [2.05, 4.69) is 20.9 Å². The number of nitrogens with two attached hydrogens (primary N) is 3. The Morgan fingerprint density at radius 2 is 1.09 bits per heavy atom. The van der Waals surface area contributed by atoms with Crippen LogP contribution in [0, 0.1) is 0 Å². The van der Waals surface area contributed by atoms with E-state index in [0.29, 0.717) is 17.5 Å². The van der Waals surface area contributed by atoms with Crippen molar-refractivity contribution in [3.8, 4) is 5.75 Å². The number of phenolic OH excluding ortho intramolecular Hbond substituents is 1. The van der Waals surface area contributed by atoms with Crippen molar-refractivity contribution in [3.05, 3.63) is 102 Å². The van der Waals surface area contributed by atoms with Crippen molar-refractivity contribution in [1.82, 2.24) is 16.0 Å². The fraction of sp³-hybridized carbons (Fsp3) is 0.303. The predicted molar refractivity (Wildman–Crippen MR) is 173 cm³/mol. The van der Waals surface area contributed by atoms with Crippen molar-refractivity contribution in [2.24, 2.45) is 22.2 Å². The number of nitrogens with zero attached hydrogens (tertiary/aromatic N) is 1. The topological polar surface area (TPSA) is 235 Å². The van der Waals surface area contributed by atoms with Crippen molar-refractivity contribution in [2.45, 2.75) is 56.3 Å². The van der Waals surface area contributed by atoms with Crippen LogP contribution in [0.4, 0.5) is 0 Å². The summed E-state index contributed by atoms with van der Waals surface area (Å²) in [6.07, 6.45) is 0.778. The van der Waals surface area contributed by atoms with E-state index in [1.165, 1.54) is 12.1 Å². The van der Waals surface area contributed by atoms with Gasteiger partial charge in [-0.2, -0.15) is 0 Å². The summed E-state index contributed by atoms with van der Waals surface area (Å²) in [5.74, 6) is -3.26. The number of aromatic hydroxyl groups is 1. The largest absolute Gasteiger partial charge is 0.508 e. The molecule has 11 N–H and O–H groups in total. The summed E-state index contributed by atoms with van der Waals surface area (Å²) >= 11 is 0. The molecule has 0 aromatic heterocycles. The van der Waals surface area contributed by atoms with Crippen LogP contribution < -0.4 is 33.2 Å². The van der Waals surface area contributed by atoms with E-state index in [0.717, 1.165) is 5.56 Å². The highest BCUT2D eigenvalue weighted by atomic mass is 16.4. The summed E-state index contributed by atoms with van der Waals surface area (Å²) in [6.45, 7) is 0.276. The third-order valence-corrected chi connectivity index (χ3v) is 7.13. The highest BCUT2D eigenvalue weighted by Crippen LogP contribution is 2.13. The fourth-order valence-corrected chi connectivity index (χ4v) is 4.66. The quantitative estimate of drug-likeness (QED) is 0.0582. The molecule has 0 spiro atoms. The first-order chi connectivity index (χ1) is 22.0. The maximum Gasteiger partial charge on any atom is 0.326 e. The highest BCUT2D eigenvalue weighted by Gasteiger charge is 2.31. The summed E-state index contributed by atoms with van der Waals surface area (Å²) in [7, 11) is 0. The molecule has 0 heterocycles. The van der Waals surface area contributed by atoms with Gasteiger partial charge < -0.3 is 43.4 Å². The molecule has 4 atom stereocenters. The second-order valence-corrected chi connectivity index (χ2v) is 10.8. The molecule has 13 heteroatoms. The van der Waals surface area contributed by atoms with Gasteiger partial charge in [0.1, 0.15) is 23.9 Å². The van der Waals surface area contributed by atoms with Crippen LogP contribution in [-0.2, 0) is 38.4 Å². The van der Waals surface area contributed by atoms with Crippen LogP contribution >= 0.6 is 0 Å². The molecule has 3 aromatic rings. The van der Waals surface area contributed by atoms with Crippen LogP contribution in [0.25, 0.3) is 0 Å². The molecule has 0 aliphatic heterocycles. The number of aliphatic imine (C=N–C) groups is 1. The molecule has 0 bridgehead atoms. The van der Waals surface area contributed by atoms with Crippen molar-refractivity contribution in [3.63, 3.8) is 0 Å². The second kappa shape index (κ2) is 17.8. The number of carbonyl (C=O) groups is 4. The van der Waals surface area contributed by atoms with Gasteiger partial charge in [0, 0.05) is 25.8 Å². The molecule has 4 unspecified atom stereocenters. The van der Waals surface area contributed by atoms with Gasteiger partial charge in [0.25, 0.3) is 0 Å². The second-order valence-electron chi connectivity index (χ2n) is 10.8. The molecule has 244 valence electrons. The molecule has 0 saturated carbocycles. The molecular weight excluding hydrogens is 590 g/mol. The van der Waals surface area contributed by atoms with E-state index in [9.17, 15) is 29.4 Å². The fourth-order valence-electron chi connectivity index (χ4n) is 4.66. The number of carboxylic acids is 1. The minimum absolute atomic E-state index is 0.0179. The van der Waals surface area contributed by atoms with Crippen LogP contribution in [0.15, 0.2) is 89.9 Å². The minimum Gasteiger partial charge on any atom is -0.508 e. The minimum atomic E-state index is -1.26. The monoisotopic (exact) mass is 631 g/mol. The maximum absolute atomic E-state index is 13.8. The lowest BCUT2D eigenvalue weighted by Gasteiger charge is -2.25. The van der Waals surface area contributed by atoms with Crippen LogP contribution in [0.3, 0.4) is 0 Å². The zero-order valence-corrected chi connectivity index (χ0v) is 25.3.